The zero-order valence-electron chi connectivity index (χ0n) is 22.0. The van der Waals surface area contributed by atoms with Crippen molar-refractivity contribution in [2.75, 3.05) is 0 Å². The number of rotatable bonds is 1. The Morgan fingerprint density at radius 3 is 2.10 bits per heavy atom. The standard InChI is InChI=1S/C38H22N2S/c1-2-11-24(12-3-1)40-32-16-8-6-14-26(32)30-20-31-29(21-33(30)40)27-18-19-35-36(28-15-7-9-17-34(28)41-35)38(27)39-22-23-10-4-5-13-25(23)37(31)39/h1-22H. The second kappa shape index (κ2) is 7.75. The van der Waals surface area contributed by atoms with Gasteiger partial charge in [0.15, 0.2) is 0 Å². The molecule has 0 bridgehead atoms. The Morgan fingerprint density at radius 1 is 0.439 bits per heavy atom. The highest BCUT2D eigenvalue weighted by Gasteiger charge is 2.20. The van der Waals surface area contributed by atoms with Crippen LogP contribution in [0, 0.1) is 0 Å². The van der Waals surface area contributed by atoms with Gasteiger partial charge in [0.1, 0.15) is 0 Å². The van der Waals surface area contributed by atoms with Crippen LogP contribution in [0.4, 0.5) is 0 Å². The minimum Gasteiger partial charge on any atom is -0.314 e. The van der Waals surface area contributed by atoms with Crippen molar-refractivity contribution in [3.63, 3.8) is 0 Å². The Balaban J connectivity index is 1.52. The van der Waals surface area contributed by atoms with E-state index in [2.05, 4.69) is 143 Å². The van der Waals surface area contributed by atoms with E-state index in [1.54, 1.807) is 0 Å². The lowest BCUT2D eigenvalue weighted by atomic mass is 9.99. The second-order valence-corrected chi connectivity index (χ2v) is 12.1. The number of hydrogen-bond acceptors (Lipinski definition) is 1. The minimum absolute atomic E-state index is 1.18. The van der Waals surface area contributed by atoms with Crippen LogP contribution in [0.3, 0.4) is 0 Å². The fourth-order valence-electron chi connectivity index (χ4n) is 7.17. The first-order valence-electron chi connectivity index (χ1n) is 14.0. The van der Waals surface area contributed by atoms with Crippen molar-refractivity contribution in [2.24, 2.45) is 0 Å². The molecule has 0 amide bonds. The fourth-order valence-corrected chi connectivity index (χ4v) is 8.27. The van der Waals surface area contributed by atoms with Gasteiger partial charge >= 0.3 is 0 Å². The van der Waals surface area contributed by atoms with Crippen molar-refractivity contribution >= 4 is 91.3 Å². The van der Waals surface area contributed by atoms with E-state index in [9.17, 15) is 0 Å². The highest BCUT2D eigenvalue weighted by Crippen LogP contribution is 2.45. The molecule has 0 aliphatic carbocycles. The number of pyridine rings is 1. The van der Waals surface area contributed by atoms with E-state index in [0.29, 0.717) is 0 Å². The van der Waals surface area contributed by atoms with E-state index in [0.717, 1.165) is 0 Å². The molecule has 0 saturated heterocycles. The van der Waals surface area contributed by atoms with E-state index in [1.165, 1.54) is 85.6 Å². The molecule has 10 rings (SSSR count). The third kappa shape index (κ3) is 2.76. The van der Waals surface area contributed by atoms with Crippen LogP contribution in [-0.2, 0) is 0 Å². The second-order valence-electron chi connectivity index (χ2n) is 11.0. The molecule has 0 fully saturated rings. The molecular formula is C38H22N2S. The van der Waals surface area contributed by atoms with Gasteiger partial charge in [-0.2, -0.15) is 0 Å². The van der Waals surface area contributed by atoms with E-state index in [4.69, 9.17) is 0 Å². The van der Waals surface area contributed by atoms with Gasteiger partial charge in [-0.1, -0.05) is 84.9 Å². The van der Waals surface area contributed by atoms with Gasteiger partial charge in [0.2, 0.25) is 0 Å². The van der Waals surface area contributed by atoms with Crippen molar-refractivity contribution in [3.05, 3.63) is 134 Å². The van der Waals surface area contributed by atoms with E-state index in [1.807, 2.05) is 11.3 Å². The van der Waals surface area contributed by atoms with E-state index < -0.39 is 0 Å². The maximum atomic E-state index is 2.48. The molecule has 0 aliphatic rings. The summed E-state index contributed by atoms with van der Waals surface area (Å²) in [6.45, 7) is 0. The summed E-state index contributed by atoms with van der Waals surface area (Å²) in [4.78, 5) is 0. The SMILES string of the molecule is c1ccc(-n2c3ccccc3c3cc4c(cc32)c2ccc3sc5ccccc5c3c2n2cc3ccccc3c42)cc1. The predicted octanol–water partition coefficient (Wildman–Crippen LogP) is 10.9. The Labute approximate surface area is 238 Å². The highest BCUT2D eigenvalue weighted by molar-refractivity contribution is 7.26. The summed E-state index contributed by atoms with van der Waals surface area (Å²) in [5.41, 5.74) is 6.23. The number of hydrogen-bond donors (Lipinski definition) is 0. The van der Waals surface area contributed by atoms with Gasteiger partial charge in [-0.25, -0.2) is 0 Å². The fraction of sp³-hybridized carbons (Fsp3) is 0. The molecule has 0 aliphatic heterocycles. The lowest BCUT2D eigenvalue weighted by molar-refractivity contribution is 1.18. The number of aromatic nitrogens is 2. The number of nitrogens with zero attached hydrogens (tertiary/aromatic N) is 2. The highest BCUT2D eigenvalue weighted by atomic mass is 32.1. The van der Waals surface area contributed by atoms with Gasteiger partial charge < -0.3 is 8.97 Å². The molecule has 6 aromatic carbocycles. The Morgan fingerprint density at radius 2 is 1.20 bits per heavy atom. The largest absolute Gasteiger partial charge is 0.314 e. The van der Waals surface area contributed by atoms with Gasteiger partial charge in [-0.15, -0.1) is 11.3 Å². The molecule has 0 atom stereocenters. The monoisotopic (exact) mass is 538 g/mol. The van der Waals surface area contributed by atoms with Crippen molar-refractivity contribution in [1.82, 2.24) is 8.97 Å². The summed E-state index contributed by atoms with van der Waals surface area (Å²) in [5, 5.41) is 11.7. The average Bonchev–Trinajstić information content (AvgIpc) is 3.70. The van der Waals surface area contributed by atoms with Crippen molar-refractivity contribution in [2.45, 2.75) is 0 Å². The summed E-state index contributed by atoms with van der Waals surface area (Å²) in [6.07, 6.45) is 2.34. The van der Waals surface area contributed by atoms with Crippen LogP contribution in [0.25, 0.3) is 85.6 Å². The number of para-hydroxylation sites is 2. The van der Waals surface area contributed by atoms with Crippen molar-refractivity contribution in [3.8, 4) is 5.69 Å². The molecule has 10 aromatic rings. The third-order valence-electron chi connectivity index (χ3n) is 8.85. The maximum Gasteiger partial charge on any atom is 0.0628 e. The zero-order chi connectivity index (χ0) is 26.7. The molecule has 41 heavy (non-hydrogen) atoms. The Kier molecular flexibility index (Phi) is 4.10. The van der Waals surface area contributed by atoms with Crippen LogP contribution in [0.2, 0.25) is 0 Å². The first-order chi connectivity index (χ1) is 20.3. The number of benzene rings is 6. The molecule has 0 N–H and O–H groups in total. The molecule has 3 heteroatoms. The normalized spacial score (nSPS) is 12.4. The maximum absolute atomic E-state index is 2.48. The molecule has 4 heterocycles. The van der Waals surface area contributed by atoms with Gasteiger partial charge in [0.25, 0.3) is 0 Å². The smallest absolute Gasteiger partial charge is 0.0628 e. The van der Waals surface area contributed by atoms with Crippen LogP contribution >= 0.6 is 11.3 Å². The molecule has 0 radical (unpaired) electrons. The molecule has 0 unspecified atom stereocenters. The van der Waals surface area contributed by atoms with Gasteiger partial charge in [-0.05, 0) is 47.9 Å². The number of thiophene rings is 1. The lowest BCUT2D eigenvalue weighted by Crippen LogP contribution is -1.94. The molecular weight excluding hydrogens is 516 g/mol. The van der Waals surface area contributed by atoms with Crippen LogP contribution in [0.15, 0.2) is 134 Å². The summed E-state index contributed by atoms with van der Waals surface area (Å²) in [7, 11) is 0. The Hall–Kier alpha value is -5.12. The molecule has 190 valence electrons. The molecule has 0 saturated carbocycles. The number of fused-ring (bicyclic) bond motifs is 15. The topological polar surface area (TPSA) is 9.34 Å². The molecule has 4 aromatic heterocycles. The van der Waals surface area contributed by atoms with Gasteiger partial charge in [0.05, 0.1) is 22.1 Å². The summed E-state index contributed by atoms with van der Waals surface area (Å²) >= 11 is 1.89. The zero-order valence-corrected chi connectivity index (χ0v) is 22.8. The van der Waals surface area contributed by atoms with E-state index in [-0.39, 0.29) is 0 Å². The van der Waals surface area contributed by atoms with E-state index >= 15 is 0 Å². The van der Waals surface area contributed by atoms with Crippen molar-refractivity contribution in [1.29, 1.82) is 0 Å². The average molecular weight is 539 g/mol. The van der Waals surface area contributed by atoms with Crippen LogP contribution in [-0.4, -0.2) is 8.97 Å². The lowest BCUT2D eigenvalue weighted by Gasteiger charge is -2.13. The van der Waals surface area contributed by atoms with Gasteiger partial charge in [0, 0.05) is 64.4 Å². The van der Waals surface area contributed by atoms with Crippen LogP contribution in [0.5, 0.6) is 0 Å². The Bertz CT molecular complexity index is 2690. The molecule has 0 spiro atoms. The first-order valence-corrected chi connectivity index (χ1v) is 14.8. The van der Waals surface area contributed by atoms with Crippen molar-refractivity contribution < 1.29 is 0 Å². The third-order valence-corrected chi connectivity index (χ3v) is 9.99. The van der Waals surface area contributed by atoms with Gasteiger partial charge in [-0.3, -0.25) is 0 Å². The predicted molar refractivity (Wildman–Crippen MR) is 177 cm³/mol. The van der Waals surface area contributed by atoms with Crippen LogP contribution < -0.4 is 0 Å². The summed E-state index contributed by atoms with van der Waals surface area (Å²) in [5.74, 6) is 0. The summed E-state index contributed by atoms with van der Waals surface area (Å²) < 4.78 is 7.57. The quantitative estimate of drug-likeness (QED) is 0.184. The van der Waals surface area contributed by atoms with Crippen LogP contribution in [0.1, 0.15) is 0 Å². The minimum atomic E-state index is 1.18. The molecule has 2 nitrogen and oxygen atoms in total. The first kappa shape index (κ1) is 21.7. The summed E-state index contributed by atoms with van der Waals surface area (Å²) in [6, 6.07) is 46.8.